The Morgan fingerprint density at radius 1 is 1.17 bits per heavy atom. The Labute approximate surface area is 214 Å². The number of rotatable bonds is 10. The van der Waals surface area contributed by atoms with Gasteiger partial charge in [0.1, 0.15) is 0 Å². The summed E-state index contributed by atoms with van der Waals surface area (Å²) in [6.07, 6.45) is 15.4. The average Bonchev–Trinajstić information content (AvgIpc) is 3.15. The van der Waals surface area contributed by atoms with Crippen LogP contribution in [0.1, 0.15) is 98.3 Å². The minimum atomic E-state index is -0.569. The first kappa shape index (κ1) is 28.6. The quantitative estimate of drug-likeness (QED) is 0.306. The molecule has 0 radical (unpaired) electrons. The number of aliphatic hydroxyl groups is 4. The van der Waals surface area contributed by atoms with Crippen molar-refractivity contribution in [3.63, 3.8) is 0 Å². The lowest BCUT2D eigenvalue weighted by Crippen LogP contribution is -2.37. The third kappa shape index (κ3) is 6.69. The first-order chi connectivity index (χ1) is 16.5. The summed E-state index contributed by atoms with van der Waals surface area (Å²) in [7, 11) is 0. The molecule has 3 aliphatic rings. The fraction of sp³-hybridized carbons (Fsp3) is 0.806. The molecule has 0 bridgehead atoms. The van der Waals surface area contributed by atoms with Crippen LogP contribution >= 0.6 is 0 Å². The summed E-state index contributed by atoms with van der Waals surface area (Å²) in [5.74, 6) is 1.88. The van der Waals surface area contributed by atoms with Gasteiger partial charge >= 0.3 is 0 Å². The second kappa shape index (κ2) is 12.1. The van der Waals surface area contributed by atoms with E-state index in [2.05, 4.69) is 32.6 Å². The summed E-state index contributed by atoms with van der Waals surface area (Å²) in [5, 5.41) is 40.2. The molecule has 0 unspecified atom stereocenters. The molecule has 4 N–H and O–H groups in total. The van der Waals surface area contributed by atoms with Crippen LogP contribution in [0.5, 0.6) is 0 Å². The first-order valence-corrected chi connectivity index (χ1v) is 14.2. The number of aliphatic hydroxyl groups excluding tert-OH is 3. The molecule has 0 aromatic carbocycles. The van der Waals surface area contributed by atoms with Crippen molar-refractivity contribution >= 4 is 0 Å². The fourth-order valence-electron chi connectivity index (χ4n) is 7.89. The monoisotopic (exact) mass is 488 g/mol. The highest BCUT2D eigenvalue weighted by Gasteiger charge is 2.50. The van der Waals surface area contributed by atoms with Crippen molar-refractivity contribution in [1.29, 1.82) is 0 Å². The predicted molar refractivity (Wildman–Crippen MR) is 144 cm³/mol. The first-order valence-electron chi connectivity index (χ1n) is 14.2. The van der Waals surface area contributed by atoms with Crippen LogP contribution < -0.4 is 0 Å². The molecule has 0 aromatic rings. The van der Waals surface area contributed by atoms with Crippen LogP contribution in [-0.4, -0.2) is 45.3 Å². The molecular formula is C31H52O4. The summed E-state index contributed by atoms with van der Waals surface area (Å²) in [4.78, 5) is 0. The minimum Gasteiger partial charge on any atom is -0.396 e. The minimum absolute atomic E-state index is 0.00632. The Morgan fingerprint density at radius 2 is 1.91 bits per heavy atom. The Morgan fingerprint density at radius 3 is 2.57 bits per heavy atom. The van der Waals surface area contributed by atoms with Gasteiger partial charge in [0, 0.05) is 12.5 Å². The maximum Gasteiger partial charge on any atom is 0.0615 e. The van der Waals surface area contributed by atoms with Crippen molar-refractivity contribution in [2.45, 2.75) is 110 Å². The van der Waals surface area contributed by atoms with Crippen LogP contribution in [0.2, 0.25) is 0 Å². The zero-order valence-corrected chi connectivity index (χ0v) is 22.8. The SMILES string of the molecule is C=C1/C(=C\C=C2/CCC[C@]3(C)[C@@H]([C@H](C)CCCC(C)(C)O)CC[C@@H]23)C[C@@H](O)[C@H](CCCO)[C@@H]1CO. The lowest BCUT2D eigenvalue weighted by atomic mass is 9.60. The Bertz CT molecular complexity index is 775. The van der Waals surface area contributed by atoms with Gasteiger partial charge in [0.2, 0.25) is 0 Å². The van der Waals surface area contributed by atoms with Crippen LogP contribution in [0.15, 0.2) is 35.5 Å². The van der Waals surface area contributed by atoms with Crippen LogP contribution in [-0.2, 0) is 0 Å². The molecule has 35 heavy (non-hydrogen) atoms. The molecule has 4 nitrogen and oxygen atoms in total. The second-order valence-electron chi connectivity index (χ2n) is 12.8. The molecule has 3 aliphatic carbocycles. The van der Waals surface area contributed by atoms with Crippen molar-refractivity contribution < 1.29 is 20.4 Å². The third-order valence-corrected chi connectivity index (χ3v) is 9.86. The van der Waals surface area contributed by atoms with Gasteiger partial charge in [-0.15, -0.1) is 0 Å². The molecule has 0 heterocycles. The van der Waals surface area contributed by atoms with Gasteiger partial charge in [-0.05, 0) is 112 Å². The molecular weight excluding hydrogens is 436 g/mol. The van der Waals surface area contributed by atoms with Gasteiger partial charge < -0.3 is 20.4 Å². The number of hydrogen-bond acceptors (Lipinski definition) is 4. The highest BCUT2D eigenvalue weighted by atomic mass is 16.3. The molecule has 3 fully saturated rings. The van der Waals surface area contributed by atoms with E-state index in [-0.39, 0.29) is 25.0 Å². The maximum atomic E-state index is 10.8. The standard InChI is InChI=1S/C31H52O4/c1-21(9-6-16-30(3,4)35)27-14-15-28-23(10-7-17-31(27,28)5)12-13-24-19-29(34)25(11-8-18-32)26(20-33)22(24)2/h12-13,21,25-29,32-35H,2,6-11,14-20H2,1,3-5H3/b23-12+,24-13-/t21-,25-,26-,27-,28+,29-,31-/m1/s1. The second-order valence-corrected chi connectivity index (χ2v) is 12.8. The zero-order chi connectivity index (χ0) is 25.8. The van der Waals surface area contributed by atoms with E-state index in [4.69, 9.17) is 0 Å². The van der Waals surface area contributed by atoms with E-state index >= 15 is 0 Å². The lowest BCUT2D eigenvalue weighted by molar-refractivity contribution is 0.0408. The van der Waals surface area contributed by atoms with E-state index in [1.165, 1.54) is 32.1 Å². The predicted octanol–water partition coefficient (Wildman–Crippen LogP) is 5.95. The van der Waals surface area contributed by atoms with E-state index in [1.807, 2.05) is 13.8 Å². The van der Waals surface area contributed by atoms with Crippen molar-refractivity contribution in [2.24, 2.45) is 35.0 Å². The summed E-state index contributed by atoms with van der Waals surface area (Å²) in [6, 6.07) is 0. The number of fused-ring (bicyclic) bond motifs is 1. The summed E-state index contributed by atoms with van der Waals surface area (Å²) >= 11 is 0. The largest absolute Gasteiger partial charge is 0.396 e. The van der Waals surface area contributed by atoms with Crippen LogP contribution in [0, 0.1) is 35.0 Å². The van der Waals surface area contributed by atoms with E-state index in [0.717, 1.165) is 36.3 Å². The summed E-state index contributed by atoms with van der Waals surface area (Å²) in [6.45, 7) is 13.2. The number of hydrogen-bond donors (Lipinski definition) is 4. The molecule has 3 saturated carbocycles. The highest BCUT2D eigenvalue weighted by Crippen LogP contribution is 2.60. The van der Waals surface area contributed by atoms with Crippen molar-refractivity contribution in [1.82, 2.24) is 0 Å². The normalized spacial score (nSPS) is 37.1. The van der Waals surface area contributed by atoms with E-state index in [0.29, 0.717) is 36.5 Å². The number of allylic oxidation sites excluding steroid dienone is 3. The molecule has 3 rings (SSSR count). The van der Waals surface area contributed by atoms with Gasteiger partial charge in [-0.2, -0.15) is 0 Å². The Balaban J connectivity index is 1.71. The van der Waals surface area contributed by atoms with Gasteiger partial charge in [0.05, 0.1) is 18.3 Å². The summed E-state index contributed by atoms with van der Waals surface area (Å²) in [5.41, 5.74) is 3.37. The van der Waals surface area contributed by atoms with Gasteiger partial charge in [-0.25, -0.2) is 0 Å². The van der Waals surface area contributed by atoms with E-state index in [1.54, 1.807) is 5.57 Å². The fourth-order valence-corrected chi connectivity index (χ4v) is 7.89. The van der Waals surface area contributed by atoms with Crippen molar-refractivity contribution in [3.05, 3.63) is 35.5 Å². The lowest BCUT2D eigenvalue weighted by Gasteiger charge is -2.44. The van der Waals surface area contributed by atoms with E-state index in [9.17, 15) is 20.4 Å². The topological polar surface area (TPSA) is 80.9 Å². The molecule has 0 aromatic heterocycles. The molecule has 200 valence electrons. The molecule has 0 saturated heterocycles. The Kier molecular flexibility index (Phi) is 9.87. The smallest absolute Gasteiger partial charge is 0.0615 e. The van der Waals surface area contributed by atoms with Gasteiger partial charge in [0.15, 0.2) is 0 Å². The molecule has 4 heteroatoms. The maximum absolute atomic E-state index is 10.8. The van der Waals surface area contributed by atoms with Gasteiger partial charge in [0.25, 0.3) is 0 Å². The Hall–Kier alpha value is -0.940. The van der Waals surface area contributed by atoms with Gasteiger partial charge in [-0.1, -0.05) is 51.0 Å². The van der Waals surface area contributed by atoms with Crippen LogP contribution in [0.3, 0.4) is 0 Å². The van der Waals surface area contributed by atoms with Crippen molar-refractivity contribution in [3.8, 4) is 0 Å². The van der Waals surface area contributed by atoms with Crippen LogP contribution in [0.25, 0.3) is 0 Å². The average molecular weight is 489 g/mol. The van der Waals surface area contributed by atoms with Crippen molar-refractivity contribution in [2.75, 3.05) is 13.2 Å². The molecule has 7 atom stereocenters. The molecule has 0 spiro atoms. The molecule has 0 amide bonds. The third-order valence-electron chi connectivity index (χ3n) is 9.86. The highest BCUT2D eigenvalue weighted by molar-refractivity contribution is 5.39. The van der Waals surface area contributed by atoms with Gasteiger partial charge in [-0.3, -0.25) is 0 Å². The van der Waals surface area contributed by atoms with Crippen LogP contribution in [0.4, 0.5) is 0 Å². The van der Waals surface area contributed by atoms with E-state index < -0.39 is 11.7 Å². The zero-order valence-electron chi connectivity index (χ0n) is 22.8. The summed E-state index contributed by atoms with van der Waals surface area (Å²) < 4.78 is 0. The molecule has 0 aliphatic heterocycles.